The zero-order valence-corrected chi connectivity index (χ0v) is 13.6. The standard InChI is InChI=1S/C15H30O7/c1-2-3-4-5-18-6-7-19-8-9-20-10-11-21-12-13-22-14-15(16)17/h2-14H2,1H3,(H,16,17). The molecule has 0 aromatic heterocycles. The summed E-state index contributed by atoms with van der Waals surface area (Å²) in [5.74, 6) is -0.977. The Balaban J connectivity index is 2.95. The number of rotatable bonds is 18. The van der Waals surface area contributed by atoms with Gasteiger partial charge in [-0.15, -0.1) is 0 Å². The monoisotopic (exact) mass is 322 g/mol. The Hall–Kier alpha value is -0.730. The van der Waals surface area contributed by atoms with E-state index in [1.165, 1.54) is 12.8 Å². The Bertz CT molecular complexity index is 236. The summed E-state index contributed by atoms with van der Waals surface area (Å²) in [6.45, 7) is 6.54. The maximum atomic E-state index is 10.2. The van der Waals surface area contributed by atoms with Gasteiger partial charge in [-0.05, 0) is 6.42 Å². The highest BCUT2D eigenvalue weighted by Gasteiger charge is 1.96. The van der Waals surface area contributed by atoms with E-state index in [2.05, 4.69) is 6.92 Å². The molecule has 0 aliphatic rings. The van der Waals surface area contributed by atoms with E-state index in [1.54, 1.807) is 0 Å². The quantitative estimate of drug-likeness (QED) is 0.381. The maximum Gasteiger partial charge on any atom is 0.329 e. The lowest BCUT2D eigenvalue weighted by atomic mass is 10.3. The van der Waals surface area contributed by atoms with E-state index in [4.69, 9.17) is 28.8 Å². The molecule has 0 saturated heterocycles. The summed E-state index contributed by atoms with van der Waals surface area (Å²) < 4.78 is 26.1. The Morgan fingerprint density at radius 3 is 1.50 bits per heavy atom. The second kappa shape index (κ2) is 18.3. The van der Waals surface area contributed by atoms with E-state index in [0.717, 1.165) is 13.0 Å². The lowest BCUT2D eigenvalue weighted by Crippen LogP contribution is -2.14. The molecule has 0 aromatic rings. The second-order valence-electron chi connectivity index (χ2n) is 4.60. The van der Waals surface area contributed by atoms with Crippen molar-refractivity contribution in [2.75, 3.05) is 66.1 Å². The molecule has 0 aliphatic carbocycles. The topological polar surface area (TPSA) is 83.5 Å². The van der Waals surface area contributed by atoms with Crippen molar-refractivity contribution in [3.63, 3.8) is 0 Å². The van der Waals surface area contributed by atoms with Gasteiger partial charge in [0.05, 0.1) is 52.9 Å². The summed E-state index contributed by atoms with van der Waals surface area (Å²) in [6.07, 6.45) is 3.53. The third kappa shape index (κ3) is 19.3. The molecule has 0 heterocycles. The van der Waals surface area contributed by atoms with Crippen molar-refractivity contribution >= 4 is 5.97 Å². The van der Waals surface area contributed by atoms with E-state index < -0.39 is 5.97 Å². The minimum atomic E-state index is -0.977. The van der Waals surface area contributed by atoms with Gasteiger partial charge in [0.1, 0.15) is 6.61 Å². The molecular formula is C15H30O7. The number of hydrogen-bond acceptors (Lipinski definition) is 6. The molecule has 0 spiro atoms. The molecule has 1 N–H and O–H groups in total. The van der Waals surface area contributed by atoms with Crippen LogP contribution in [0.15, 0.2) is 0 Å². The molecule has 0 aromatic carbocycles. The molecule has 0 saturated carbocycles. The molecule has 132 valence electrons. The molecule has 22 heavy (non-hydrogen) atoms. The van der Waals surface area contributed by atoms with E-state index in [1.807, 2.05) is 0 Å². The van der Waals surface area contributed by atoms with Gasteiger partial charge in [0.25, 0.3) is 0 Å². The van der Waals surface area contributed by atoms with Crippen LogP contribution in [0, 0.1) is 0 Å². The third-order valence-corrected chi connectivity index (χ3v) is 2.61. The van der Waals surface area contributed by atoms with Crippen LogP contribution in [-0.2, 0) is 28.5 Å². The molecule has 7 nitrogen and oxygen atoms in total. The number of ether oxygens (including phenoxy) is 5. The zero-order valence-electron chi connectivity index (χ0n) is 13.6. The Labute approximate surface area is 132 Å². The highest BCUT2D eigenvalue weighted by atomic mass is 16.6. The molecule has 0 unspecified atom stereocenters. The fraction of sp³-hybridized carbons (Fsp3) is 0.933. The molecule has 0 aliphatic heterocycles. The average Bonchev–Trinajstić information content (AvgIpc) is 2.50. The summed E-state index contributed by atoms with van der Waals surface area (Å²) in [4.78, 5) is 10.2. The number of carbonyl (C=O) groups is 1. The predicted molar refractivity (Wildman–Crippen MR) is 81.3 cm³/mol. The summed E-state index contributed by atoms with van der Waals surface area (Å²) in [6, 6.07) is 0. The summed E-state index contributed by atoms with van der Waals surface area (Å²) in [5, 5.41) is 8.33. The molecule has 7 heteroatoms. The second-order valence-corrected chi connectivity index (χ2v) is 4.60. The van der Waals surface area contributed by atoms with Gasteiger partial charge >= 0.3 is 5.97 Å². The Kier molecular flexibility index (Phi) is 17.7. The van der Waals surface area contributed by atoms with Crippen molar-refractivity contribution in [2.24, 2.45) is 0 Å². The third-order valence-electron chi connectivity index (χ3n) is 2.61. The van der Waals surface area contributed by atoms with Crippen molar-refractivity contribution in [1.82, 2.24) is 0 Å². The highest BCUT2D eigenvalue weighted by molar-refractivity contribution is 5.67. The lowest BCUT2D eigenvalue weighted by molar-refractivity contribution is -0.142. The minimum Gasteiger partial charge on any atom is -0.480 e. The molecule has 0 amide bonds. The van der Waals surface area contributed by atoms with Gasteiger partial charge in [-0.1, -0.05) is 19.8 Å². The number of unbranched alkanes of at least 4 members (excludes halogenated alkanes) is 2. The van der Waals surface area contributed by atoms with Crippen molar-refractivity contribution in [1.29, 1.82) is 0 Å². The van der Waals surface area contributed by atoms with Gasteiger partial charge in [-0.25, -0.2) is 4.79 Å². The zero-order chi connectivity index (χ0) is 16.3. The van der Waals surface area contributed by atoms with Crippen LogP contribution in [0.1, 0.15) is 26.2 Å². The Morgan fingerprint density at radius 1 is 0.682 bits per heavy atom. The molecule has 0 fully saturated rings. The first kappa shape index (κ1) is 21.3. The van der Waals surface area contributed by atoms with E-state index in [-0.39, 0.29) is 13.2 Å². The largest absolute Gasteiger partial charge is 0.480 e. The predicted octanol–water partition coefficient (Wildman–Crippen LogP) is 1.34. The van der Waals surface area contributed by atoms with Gasteiger partial charge in [0, 0.05) is 6.61 Å². The lowest BCUT2D eigenvalue weighted by Gasteiger charge is -2.07. The number of carboxylic acids is 1. The first-order valence-corrected chi connectivity index (χ1v) is 7.88. The maximum absolute atomic E-state index is 10.2. The normalized spacial score (nSPS) is 11.0. The number of carboxylic acid groups (broad SMARTS) is 1. The number of aliphatic carboxylic acids is 1. The smallest absolute Gasteiger partial charge is 0.329 e. The Morgan fingerprint density at radius 2 is 1.09 bits per heavy atom. The van der Waals surface area contributed by atoms with Gasteiger partial charge in [0.2, 0.25) is 0 Å². The average molecular weight is 322 g/mol. The molecule has 0 rings (SSSR count). The van der Waals surface area contributed by atoms with Gasteiger partial charge in [-0.3, -0.25) is 0 Å². The summed E-state index contributed by atoms with van der Waals surface area (Å²) in [5.41, 5.74) is 0. The van der Waals surface area contributed by atoms with E-state index >= 15 is 0 Å². The van der Waals surface area contributed by atoms with Gasteiger partial charge < -0.3 is 28.8 Å². The highest BCUT2D eigenvalue weighted by Crippen LogP contribution is 1.93. The minimum absolute atomic E-state index is 0.271. The number of hydrogen-bond donors (Lipinski definition) is 1. The fourth-order valence-corrected chi connectivity index (χ4v) is 1.49. The van der Waals surface area contributed by atoms with Crippen LogP contribution >= 0.6 is 0 Å². The summed E-state index contributed by atoms with van der Waals surface area (Å²) >= 11 is 0. The molecule has 0 bridgehead atoms. The fourth-order valence-electron chi connectivity index (χ4n) is 1.49. The van der Waals surface area contributed by atoms with Crippen LogP contribution in [0.2, 0.25) is 0 Å². The first-order chi connectivity index (χ1) is 10.8. The van der Waals surface area contributed by atoms with Crippen molar-refractivity contribution in [2.45, 2.75) is 26.2 Å². The molecular weight excluding hydrogens is 292 g/mol. The van der Waals surface area contributed by atoms with Gasteiger partial charge in [0.15, 0.2) is 0 Å². The van der Waals surface area contributed by atoms with Crippen molar-refractivity contribution < 1.29 is 33.6 Å². The molecule has 0 atom stereocenters. The first-order valence-electron chi connectivity index (χ1n) is 7.88. The van der Waals surface area contributed by atoms with Crippen LogP contribution in [0.4, 0.5) is 0 Å². The van der Waals surface area contributed by atoms with Crippen molar-refractivity contribution in [3.8, 4) is 0 Å². The molecule has 0 radical (unpaired) electrons. The van der Waals surface area contributed by atoms with Crippen LogP contribution in [0.5, 0.6) is 0 Å². The van der Waals surface area contributed by atoms with Crippen LogP contribution < -0.4 is 0 Å². The van der Waals surface area contributed by atoms with Crippen LogP contribution in [-0.4, -0.2) is 77.1 Å². The van der Waals surface area contributed by atoms with E-state index in [9.17, 15) is 4.79 Å². The van der Waals surface area contributed by atoms with Crippen LogP contribution in [0.3, 0.4) is 0 Å². The van der Waals surface area contributed by atoms with Crippen molar-refractivity contribution in [3.05, 3.63) is 0 Å². The van der Waals surface area contributed by atoms with E-state index in [0.29, 0.717) is 46.2 Å². The van der Waals surface area contributed by atoms with Gasteiger partial charge in [-0.2, -0.15) is 0 Å². The van der Waals surface area contributed by atoms with Crippen LogP contribution in [0.25, 0.3) is 0 Å². The SMILES string of the molecule is CCCCCOCCOCCOCCOCCOCC(=O)O. The summed E-state index contributed by atoms with van der Waals surface area (Å²) in [7, 11) is 0.